The van der Waals surface area contributed by atoms with Gasteiger partial charge in [-0.2, -0.15) is 5.10 Å². The number of benzene rings is 2. The maximum atomic E-state index is 12.1. The molecule has 0 saturated carbocycles. The predicted molar refractivity (Wildman–Crippen MR) is 104 cm³/mol. The van der Waals surface area contributed by atoms with E-state index in [0.717, 1.165) is 22.1 Å². The Kier molecular flexibility index (Phi) is 5.42. The molecule has 0 spiro atoms. The number of rotatable bonds is 6. The summed E-state index contributed by atoms with van der Waals surface area (Å²) in [5.74, 6) is -0.316. The molecule has 0 unspecified atom stereocenters. The number of carboxylic acids is 1. The number of aromatic carboxylic acids is 1. The number of ether oxygens (including phenoxy) is 1. The summed E-state index contributed by atoms with van der Waals surface area (Å²) in [7, 11) is 1.58. The van der Waals surface area contributed by atoms with Gasteiger partial charge in [0.2, 0.25) is 0 Å². The largest absolute Gasteiger partial charge is 0.497 e. The van der Waals surface area contributed by atoms with Crippen LogP contribution < -0.4 is 4.74 Å². The number of methoxy groups -OCH3 is 1. The maximum absolute atomic E-state index is 12.1. The molecule has 0 aliphatic heterocycles. The molecule has 3 rings (SSSR count). The van der Waals surface area contributed by atoms with E-state index in [9.17, 15) is 9.90 Å². The van der Waals surface area contributed by atoms with Gasteiger partial charge in [0.25, 0.3) is 0 Å². The fourth-order valence-corrected chi connectivity index (χ4v) is 3.18. The van der Waals surface area contributed by atoms with Gasteiger partial charge < -0.3 is 9.84 Å². The minimum absolute atomic E-state index is 0.239. The van der Waals surface area contributed by atoms with E-state index in [-0.39, 0.29) is 5.56 Å². The number of aromatic nitrogens is 2. The van der Waals surface area contributed by atoms with Crippen LogP contribution >= 0.6 is 15.9 Å². The highest BCUT2D eigenvalue weighted by molar-refractivity contribution is 9.10. The lowest BCUT2D eigenvalue weighted by atomic mass is 10.0. The average molecular weight is 415 g/mol. The maximum Gasteiger partial charge on any atom is 0.339 e. The molecule has 0 atom stereocenters. The summed E-state index contributed by atoms with van der Waals surface area (Å²) >= 11 is 3.43. The summed E-state index contributed by atoms with van der Waals surface area (Å²) in [4.78, 5) is 12.1. The highest BCUT2D eigenvalue weighted by Gasteiger charge is 2.24. The van der Waals surface area contributed by atoms with E-state index in [1.165, 1.54) is 0 Å². The Morgan fingerprint density at radius 3 is 2.58 bits per heavy atom. The fourth-order valence-electron chi connectivity index (χ4n) is 2.91. The zero-order chi connectivity index (χ0) is 18.7. The lowest BCUT2D eigenvalue weighted by Crippen LogP contribution is -2.06. The fraction of sp³-hybridized carbons (Fsp3) is 0.200. The van der Waals surface area contributed by atoms with Crippen LogP contribution in [0.5, 0.6) is 5.75 Å². The van der Waals surface area contributed by atoms with Crippen molar-refractivity contribution >= 4 is 21.9 Å². The first-order chi connectivity index (χ1) is 12.5. The van der Waals surface area contributed by atoms with Gasteiger partial charge >= 0.3 is 5.97 Å². The van der Waals surface area contributed by atoms with Crippen LogP contribution in [0.1, 0.15) is 29.4 Å². The molecule has 1 aromatic heterocycles. The van der Waals surface area contributed by atoms with Gasteiger partial charge in [0.1, 0.15) is 17.0 Å². The second kappa shape index (κ2) is 7.74. The van der Waals surface area contributed by atoms with Gasteiger partial charge in [-0.15, -0.1) is 0 Å². The first-order valence-corrected chi connectivity index (χ1v) is 9.10. The predicted octanol–water partition coefficient (Wildman–Crippen LogP) is 4.96. The topological polar surface area (TPSA) is 64.3 Å². The van der Waals surface area contributed by atoms with E-state index in [1.54, 1.807) is 17.9 Å². The van der Waals surface area contributed by atoms with Gasteiger partial charge in [0.15, 0.2) is 0 Å². The summed E-state index contributed by atoms with van der Waals surface area (Å²) in [5, 5.41) is 14.5. The Bertz CT molecular complexity index is 933. The number of carbonyl (C=O) groups is 1. The van der Waals surface area contributed by atoms with Crippen LogP contribution in [0.3, 0.4) is 0 Å². The Labute approximate surface area is 160 Å². The van der Waals surface area contributed by atoms with Crippen LogP contribution in [0.2, 0.25) is 0 Å². The molecule has 0 amide bonds. The summed E-state index contributed by atoms with van der Waals surface area (Å²) in [5.41, 5.74) is 2.93. The van der Waals surface area contributed by atoms with Gasteiger partial charge in [0.05, 0.1) is 18.5 Å². The Morgan fingerprint density at radius 2 is 1.96 bits per heavy atom. The molecule has 0 saturated heterocycles. The molecular weight excluding hydrogens is 396 g/mol. The normalized spacial score (nSPS) is 10.7. The van der Waals surface area contributed by atoms with Crippen molar-refractivity contribution in [2.45, 2.75) is 19.8 Å². The first-order valence-electron chi connectivity index (χ1n) is 8.30. The van der Waals surface area contributed by atoms with Crippen molar-refractivity contribution in [1.82, 2.24) is 9.78 Å². The number of nitrogens with zero attached hydrogens (tertiary/aromatic N) is 2. The van der Waals surface area contributed by atoms with E-state index >= 15 is 0 Å². The summed E-state index contributed by atoms with van der Waals surface area (Å²) in [6.45, 7) is 2.02. The van der Waals surface area contributed by atoms with Crippen molar-refractivity contribution in [2.75, 3.05) is 7.11 Å². The van der Waals surface area contributed by atoms with E-state index < -0.39 is 5.97 Å². The quantitative estimate of drug-likeness (QED) is 0.618. The second-order valence-electron chi connectivity index (χ2n) is 5.85. The highest BCUT2D eigenvalue weighted by atomic mass is 79.9. The standard InChI is InChI=1S/C20H19BrN2O3/c1-3-5-17-18(20(24)25)19(13-6-4-7-16(12-13)26-2)22-23(17)15-10-8-14(21)9-11-15/h4,6-12H,3,5H2,1-2H3,(H,24,25). The third kappa shape index (κ3) is 3.51. The Morgan fingerprint density at radius 1 is 1.23 bits per heavy atom. The zero-order valence-corrected chi connectivity index (χ0v) is 16.2. The molecule has 5 nitrogen and oxygen atoms in total. The molecule has 1 N–H and O–H groups in total. The Balaban J connectivity index is 2.25. The lowest BCUT2D eigenvalue weighted by molar-refractivity contribution is 0.0696. The summed E-state index contributed by atoms with van der Waals surface area (Å²) < 4.78 is 7.96. The van der Waals surface area contributed by atoms with Gasteiger partial charge in [0, 0.05) is 10.0 Å². The van der Waals surface area contributed by atoms with Crippen LogP contribution in [0.4, 0.5) is 0 Å². The van der Waals surface area contributed by atoms with Crippen molar-refractivity contribution < 1.29 is 14.6 Å². The third-order valence-electron chi connectivity index (χ3n) is 4.10. The van der Waals surface area contributed by atoms with Gasteiger partial charge in [-0.1, -0.05) is 41.4 Å². The third-order valence-corrected chi connectivity index (χ3v) is 4.62. The van der Waals surface area contributed by atoms with Crippen molar-refractivity contribution in [1.29, 1.82) is 0 Å². The van der Waals surface area contributed by atoms with Crippen molar-refractivity contribution in [3.8, 4) is 22.7 Å². The van der Waals surface area contributed by atoms with Gasteiger partial charge in [-0.25, -0.2) is 9.48 Å². The molecule has 3 aromatic rings. The smallest absolute Gasteiger partial charge is 0.339 e. The van der Waals surface area contributed by atoms with E-state index in [1.807, 2.05) is 49.4 Å². The molecule has 0 radical (unpaired) electrons. The molecule has 0 fully saturated rings. The molecule has 134 valence electrons. The van der Waals surface area contributed by atoms with Crippen LogP contribution in [0.15, 0.2) is 53.0 Å². The second-order valence-corrected chi connectivity index (χ2v) is 6.76. The molecule has 1 heterocycles. The van der Waals surface area contributed by atoms with E-state index in [0.29, 0.717) is 23.6 Å². The summed E-state index contributed by atoms with van der Waals surface area (Å²) in [6.07, 6.45) is 1.44. The average Bonchev–Trinajstić information content (AvgIpc) is 3.02. The number of hydrogen-bond acceptors (Lipinski definition) is 3. The van der Waals surface area contributed by atoms with Crippen LogP contribution in [-0.4, -0.2) is 28.0 Å². The van der Waals surface area contributed by atoms with Crippen molar-refractivity contribution in [3.05, 3.63) is 64.3 Å². The van der Waals surface area contributed by atoms with Crippen LogP contribution in [0, 0.1) is 0 Å². The molecule has 2 aromatic carbocycles. The summed E-state index contributed by atoms with van der Waals surface area (Å²) in [6, 6.07) is 15.0. The molecular formula is C20H19BrN2O3. The molecule has 6 heteroatoms. The molecule has 0 aliphatic carbocycles. The lowest BCUT2D eigenvalue weighted by Gasteiger charge is -2.07. The van der Waals surface area contributed by atoms with E-state index in [2.05, 4.69) is 21.0 Å². The van der Waals surface area contributed by atoms with Gasteiger partial charge in [-0.05, 0) is 42.8 Å². The first kappa shape index (κ1) is 18.2. The van der Waals surface area contributed by atoms with Gasteiger partial charge in [-0.3, -0.25) is 0 Å². The molecule has 26 heavy (non-hydrogen) atoms. The minimum atomic E-state index is -0.977. The Hall–Kier alpha value is -2.60. The van der Waals surface area contributed by atoms with Crippen LogP contribution in [-0.2, 0) is 6.42 Å². The van der Waals surface area contributed by atoms with Crippen LogP contribution in [0.25, 0.3) is 16.9 Å². The number of carboxylic acid groups (broad SMARTS) is 1. The van der Waals surface area contributed by atoms with Crippen molar-refractivity contribution in [2.24, 2.45) is 0 Å². The SMILES string of the molecule is CCCc1c(C(=O)O)c(-c2cccc(OC)c2)nn1-c1ccc(Br)cc1. The highest BCUT2D eigenvalue weighted by Crippen LogP contribution is 2.31. The molecule has 0 bridgehead atoms. The van der Waals surface area contributed by atoms with E-state index in [4.69, 9.17) is 4.74 Å². The minimum Gasteiger partial charge on any atom is -0.497 e. The number of hydrogen-bond donors (Lipinski definition) is 1. The molecule has 0 aliphatic rings. The monoisotopic (exact) mass is 414 g/mol. The van der Waals surface area contributed by atoms with Crippen molar-refractivity contribution in [3.63, 3.8) is 0 Å². The number of halogens is 1. The zero-order valence-electron chi connectivity index (χ0n) is 14.6.